The van der Waals surface area contributed by atoms with Gasteiger partial charge in [0.1, 0.15) is 0 Å². The van der Waals surface area contributed by atoms with Crippen molar-refractivity contribution in [2.75, 3.05) is 6.61 Å². The summed E-state index contributed by atoms with van der Waals surface area (Å²) in [5.41, 5.74) is 2.90. The molecule has 2 unspecified atom stereocenters. The maximum atomic E-state index is 5.62. The van der Waals surface area contributed by atoms with E-state index in [9.17, 15) is 0 Å². The van der Waals surface area contributed by atoms with E-state index in [1.165, 1.54) is 38.5 Å². The molecule has 3 nitrogen and oxygen atoms in total. The number of nitrogens with two attached hydrogens (primary N) is 1. The molecule has 2 rings (SSSR count). The summed E-state index contributed by atoms with van der Waals surface area (Å²) in [7, 11) is 0. The van der Waals surface area contributed by atoms with Gasteiger partial charge in [-0.15, -0.1) is 0 Å². The maximum absolute atomic E-state index is 5.62. The fraction of sp³-hybridized carbons (Fsp3) is 1.00. The van der Waals surface area contributed by atoms with Gasteiger partial charge in [-0.1, -0.05) is 12.8 Å². The van der Waals surface area contributed by atoms with Gasteiger partial charge in [-0.3, -0.25) is 11.3 Å². The molecular weight excluding hydrogens is 164 g/mol. The smallest absolute Gasteiger partial charge is 0.0742 e. The van der Waals surface area contributed by atoms with Crippen LogP contribution in [0.25, 0.3) is 0 Å². The fourth-order valence-corrected chi connectivity index (χ4v) is 2.12. The van der Waals surface area contributed by atoms with E-state index in [1.54, 1.807) is 0 Å². The number of ether oxygens (including phenoxy) is 1. The Morgan fingerprint density at radius 2 is 2.23 bits per heavy atom. The molecule has 76 valence electrons. The zero-order valence-electron chi connectivity index (χ0n) is 8.17. The molecule has 3 N–H and O–H groups in total. The molecule has 0 bridgehead atoms. The Balaban J connectivity index is 1.70. The third-order valence-corrected chi connectivity index (χ3v) is 3.21. The van der Waals surface area contributed by atoms with Gasteiger partial charge in [-0.05, 0) is 31.6 Å². The Morgan fingerprint density at radius 1 is 1.38 bits per heavy atom. The molecule has 13 heavy (non-hydrogen) atoms. The average molecular weight is 184 g/mol. The zero-order valence-corrected chi connectivity index (χ0v) is 8.17. The van der Waals surface area contributed by atoms with Crippen molar-refractivity contribution in [3.8, 4) is 0 Å². The molecule has 0 amide bonds. The minimum absolute atomic E-state index is 0.378. The van der Waals surface area contributed by atoms with Crippen LogP contribution in [0.3, 0.4) is 0 Å². The zero-order chi connectivity index (χ0) is 9.10. The van der Waals surface area contributed by atoms with Crippen LogP contribution >= 0.6 is 0 Å². The van der Waals surface area contributed by atoms with Crippen molar-refractivity contribution >= 4 is 0 Å². The highest BCUT2D eigenvalue weighted by Crippen LogP contribution is 2.34. The summed E-state index contributed by atoms with van der Waals surface area (Å²) < 4.78 is 5.62. The highest BCUT2D eigenvalue weighted by Gasteiger charge is 2.28. The van der Waals surface area contributed by atoms with Gasteiger partial charge in [0.25, 0.3) is 0 Å². The molecule has 0 spiro atoms. The molecule has 1 aliphatic heterocycles. The third-order valence-electron chi connectivity index (χ3n) is 3.21. The molecule has 0 aromatic carbocycles. The second-order valence-corrected chi connectivity index (χ2v) is 4.35. The molecule has 3 heteroatoms. The lowest BCUT2D eigenvalue weighted by molar-refractivity contribution is 0.0745. The summed E-state index contributed by atoms with van der Waals surface area (Å²) in [5, 5.41) is 0. The van der Waals surface area contributed by atoms with Crippen LogP contribution < -0.4 is 11.3 Å². The van der Waals surface area contributed by atoms with Crippen LogP contribution in [0.2, 0.25) is 0 Å². The molecular formula is C10H20N2O. The summed E-state index contributed by atoms with van der Waals surface area (Å²) in [6.07, 6.45) is 8.14. The summed E-state index contributed by atoms with van der Waals surface area (Å²) in [6, 6.07) is 0.392. The molecule has 0 aromatic heterocycles. The Kier molecular flexibility index (Phi) is 3.19. The Bertz CT molecular complexity index is 153. The monoisotopic (exact) mass is 184 g/mol. The topological polar surface area (TPSA) is 47.3 Å². The highest BCUT2D eigenvalue weighted by molar-refractivity contribution is 4.82. The first kappa shape index (κ1) is 9.44. The number of nitrogens with one attached hydrogen (secondary N) is 1. The average Bonchev–Trinajstić information content (AvgIpc) is 2.81. The van der Waals surface area contributed by atoms with Crippen molar-refractivity contribution in [3.05, 3.63) is 0 Å². The summed E-state index contributed by atoms with van der Waals surface area (Å²) in [5.74, 6) is 6.53. The van der Waals surface area contributed by atoms with Crippen LogP contribution in [0.1, 0.15) is 38.5 Å². The Morgan fingerprint density at radius 3 is 2.77 bits per heavy atom. The third kappa shape index (κ3) is 2.66. The summed E-state index contributed by atoms with van der Waals surface area (Å²) >= 11 is 0. The van der Waals surface area contributed by atoms with Gasteiger partial charge in [0.05, 0.1) is 6.10 Å². The number of rotatable bonds is 5. The lowest BCUT2D eigenvalue weighted by Gasteiger charge is -2.21. The van der Waals surface area contributed by atoms with Gasteiger partial charge in [-0.2, -0.15) is 0 Å². The van der Waals surface area contributed by atoms with E-state index in [2.05, 4.69) is 5.43 Å². The van der Waals surface area contributed by atoms with Crippen molar-refractivity contribution in [2.24, 2.45) is 11.8 Å². The van der Waals surface area contributed by atoms with Gasteiger partial charge in [0.15, 0.2) is 0 Å². The van der Waals surface area contributed by atoms with Crippen molar-refractivity contribution in [1.29, 1.82) is 0 Å². The number of hydrogen-bond acceptors (Lipinski definition) is 3. The molecule has 1 heterocycles. The second-order valence-electron chi connectivity index (χ2n) is 4.35. The first-order valence-corrected chi connectivity index (χ1v) is 5.48. The minimum Gasteiger partial charge on any atom is -0.377 e. The van der Waals surface area contributed by atoms with E-state index in [-0.39, 0.29) is 0 Å². The van der Waals surface area contributed by atoms with E-state index >= 15 is 0 Å². The summed E-state index contributed by atoms with van der Waals surface area (Å²) in [6.45, 7) is 0.923. The summed E-state index contributed by atoms with van der Waals surface area (Å²) in [4.78, 5) is 0. The molecule has 1 saturated carbocycles. The molecule has 0 aromatic rings. The van der Waals surface area contributed by atoms with Crippen molar-refractivity contribution in [3.63, 3.8) is 0 Å². The quantitative estimate of drug-likeness (QED) is 0.498. The van der Waals surface area contributed by atoms with Crippen LogP contribution in [0.15, 0.2) is 0 Å². The first-order chi connectivity index (χ1) is 6.40. The highest BCUT2D eigenvalue weighted by atomic mass is 16.5. The maximum Gasteiger partial charge on any atom is 0.0742 e. The van der Waals surface area contributed by atoms with Crippen molar-refractivity contribution < 1.29 is 4.74 Å². The number of hydrogen-bond donors (Lipinski definition) is 2. The predicted molar refractivity (Wildman–Crippen MR) is 52.0 cm³/mol. The molecule has 2 aliphatic rings. The van der Waals surface area contributed by atoms with Crippen LogP contribution in [0.4, 0.5) is 0 Å². The molecule has 0 radical (unpaired) electrons. The van der Waals surface area contributed by atoms with E-state index < -0.39 is 0 Å². The largest absolute Gasteiger partial charge is 0.377 e. The molecule has 2 fully saturated rings. The molecule has 1 saturated heterocycles. The van der Waals surface area contributed by atoms with Crippen LogP contribution in [0.5, 0.6) is 0 Å². The Labute approximate surface area is 80.0 Å². The van der Waals surface area contributed by atoms with E-state index in [4.69, 9.17) is 10.6 Å². The normalized spacial score (nSPS) is 30.7. The van der Waals surface area contributed by atoms with E-state index in [1.807, 2.05) is 0 Å². The SMILES string of the molecule is NNC(CCC1CC1)C1CCCO1. The van der Waals surface area contributed by atoms with E-state index in [0.29, 0.717) is 12.1 Å². The fourth-order valence-electron chi connectivity index (χ4n) is 2.12. The van der Waals surface area contributed by atoms with Crippen LogP contribution in [-0.4, -0.2) is 18.8 Å². The number of hydrazine groups is 1. The predicted octanol–water partition coefficient (Wildman–Crippen LogP) is 1.19. The second kappa shape index (κ2) is 4.40. The lowest BCUT2D eigenvalue weighted by Crippen LogP contribution is -2.43. The van der Waals surface area contributed by atoms with E-state index in [0.717, 1.165) is 12.5 Å². The van der Waals surface area contributed by atoms with Crippen LogP contribution in [0, 0.1) is 5.92 Å². The lowest BCUT2D eigenvalue weighted by atomic mass is 10.0. The van der Waals surface area contributed by atoms with Gasteiger partial charge in [-0.25, -0.2) is 0 Å². The van der Waals surface area contributed by atoms with Crippen molar-refractivity contribution in [2.45, 2.75) is 50.7 Å². The van der Waals surface area contributed by atoms with Gasteiger partial charge in [0.2, 0.25) is 0 Å². The molecule has 1 aliphatic carbocycles. The van der Waals surface area contributed by atoms with Gasteiger partial charge < -0.3 is 4.74 Å². The Hall–Kier alpha value is -0.120. The minimum atomic E-state index is 0.378. The van der Waals surface area contributed by atoms with Gasteiger partial charge in [0, 0.05) is 12.6 Å². The van der Waals surface area contributed by atoms with Crippen LogP contribution in [-0.2, 0) is 4.74 Å². The van der Waals surface area contributed by atoms with Crippen molar-refractivity contribution in [1.82, 2.24) is 5.43 Å². The van der Waals surface area contributed by atoms with Gasteiger partial charge >= 0.3 is 0 Å². The standard InChI is InChI=1S/C10H20N2O/c11-12-9(6-5-8-3-4-8)10-2-1-7-13-10/h8-10,12H,1-7,11H2. The first-order valence-electron chi connectivity index (χ1n) is 5.48. The molecule has 2 atom stereocenters.